The fourth-order valence-electron chi connectivity index (χ4n) is 4.27. The van der Waals surface area contributed by atoms with E-state index in [1.807, 2.05) is 29.2 Å². The third kappa shape index (κ3) is 4.50. The van der Waals surface area contributed by atoms with Gasteiger partial charge in [-0.2, -0.15) is 0 Å². The van der Waals surface area contributed by atoms with Gasteiger partial charge in [0.05, 0.1) is 18.4 Å². The highest BCUT2D eigenvalue weighted by Gasteiger charge is 2.41. The van der Waals surface area contributed by atoms with Gasteiger partial charge in [-0.25, -0.2) is 0 Å². The molecule has 2 aliphatic heterocycles. The smallest absolute Gasteiger partial charge is 0.272 e. The molecular weight excluding hydrogens is 354 g/mol. The zero-order chi connectivity index (χ0) is 19.2. The highest BCUT2D eigenvalue weighted by Crippen LogP contribution is 2.39. The lowest BCUT2D eigenvalue weighted by Crippen LogP contribution is -2.51. The molecule has 6 nitrogen and oxygen atoms in total. The van der Waals surface area contributed by atoms with Crippen LogP contribution >= 0.6 is 0 Å². The predicted octanol–water partition coefficient (Wildman–Crippen LogP) is 3.35. The number of pyridine rings is 2. The number of piperidine rings is 1. The maximum atomic E-state index is 12.6. The Morgan fingerprint density at radius 3 is 2.86 bits per heavy atom. The molecule has 0 aliphatic carbocycles. The van der Waals surface area contributed by atoms with E-state index in [1.165, 1.54) is 0 Å². The van der Waals surface area contributed by atoms with Gasteiger partial charge >= 0.3 is 0 Å². The van der Waals surface area contributed by atoms with E-state index in [9.17, 15) is 4.79 Å². The molecule has 1 atom stereocenters. The Kier molecular flexibility index (Phi) is 5.86. The van der Waals surface area contributed by atoms with Crippen molar-refractivity contribution < 1.29 is 14.3 Å². The van der Waals surface area contributed by atoms with Crippen LogP contribution in [0.3, 0.4) is 0 Å². The van der Waals surface area contributed by atoms with Crippen molar-refractivity contribution in [2.45, 2.75) is 37.7 Å². The van der Waals surface area contributed by atoms with Gasteiger partial charge in [-0.05, 0) is 62.3 Å². The lowest BCUT2D eigenvalue weighted by molar-refractivity contribution is -0.125. The minimum Gasteiger partial charge on any atom is -0.492 e. The molecule has 1 amide bonds. The summed E-state index contributed by atoms with van der Waals surface area (Å²) in [5, 5.41) is 0. The molecule has 6 heteroatoms. The average Bonchev–Trinajstić information content (AvgIpc) is 2.75. The second-order valence-corrected chi connectivity index (χ2v) is 7.72. The van der Waals surface area contributed by atoms with Crippen LogP contribution < -0.4 is 4.74 Å². The van der Waals surface area contributed by atoms with E-state index < -0.39 is 0 Å². The minimum absolute atomic E-state index is 0.0210. The summed E-state index contributed by atoms with van der Waals surface area (Å²) in [5.74, 6) is 1.45. The lowest BCUT2D eigenvalue weighted by Gasteiger charge is -2.46. The average molecular weight is 381 g/mol. The van der Waals surface area contributed by atoms with Crippen molar-refractivity contribution in [3.8, 4) is 5.75 Å². The lowest BCUT2D eigenvalue weighted by atomic mass is 9.78. The zero-order valence-corrected chi connectivity index (χ0v) is 16.1. The first kappa shape index (κ1) is 18.9. The predicted molar refractivity (Wildman–Crippen MR) is 105 cm³/mol. The number of nitrogens with zero attached hydrogens (tertiary/aromatic N) is 3. The van der Waals surface area contributed by atoms with Crippen LogP contribution in [0.25, 0.3) is 0 Å². The Balaban J connectivity index is 1.27. The van der Waals surface area contributed by atoms with Crippen molar-refractivity contribution >= 4 is 5.91 Å². The Morgan fingerprint density at radius 2 is 2.11 bits per heavy atom. The van der Waals surface area contributed by atoms with E-state index in [0.717, 1.165) is 57.6 Å². The number of aromatic nitrogens is 2. The normalized spacial score (nSPS) is 21.4. The van der Waals surface area contributed by atoms with Crippen molar-refractivity contribution in [1.29, 1.82) is 0 Å². The molecule has 0 aromatic carbocycles. The largest absolute Gasteiger partial charge is 0.492 e. The van der Waals surface area contributed by atoms with E-state index in [0.29, 0.717) is 18.2 Å². The van der Waals surface area contributed by atoms with Crippen LogP contribution in [0.1, 0.15) is 42.6 Å². The van der Waals surface area contributed by atoms with Crippen molar-refractivity contribution in [2.24, 2.45) is 5.92 Å². The summed E-state index contributed by atoms with van der Waals surface area (Å²) in [7, 11) is 0. The highest BCUT2D eigenvalue weighted by atomic mass is 16.5. The molecule has 1 spiro atoms. The number of carbonyl (C=O) groups is 1. The minimum atomic E-state index is -0.0852. The van der Waals surface area contributed by atoms with Gasteiger partial charge in [0.2, 0.25) is 0 Å². The molecule has 0 N–H and O–H groups in total. The Labute approximate surface area is 165 Å². The Morgan fingerprint density at radius 1 is 1.21 bits per heavy atom. The van der Waals surface area contributed by atoms with Gasteiger partial charge in [-0.1, -0.05) is 6.07 Å². The molecule has 0 saturated carbocycles. The molecule has 148 valence electrons. The number of hydrogen-bond acceptors (Lipinski definition) is 5. The second kappa shape index (κ2) is 8.69. The standard InChI is InChI=1S/C22H27N3O3/c26-21(20-5-1-2-11-24-20)25-12-8-22(9-13-25)16-18(7-15-28-22)6-14-27-19-4-3-10-23-17-19/h1-5,10-11,17-18H,6-9,12-16H2. The first-order valence-electron chi connectivity index (χ1n) is 10.1. The summed E-state index contributed by atoms with van der Waals surface area (Å²) in [6, 6.07) is 9.29. The third-order valence-electron chi connectivity index (χ3n) is 5.87. The van der Waals surface area contributed by atoms with Crippen molar-refractivity contribution in [2.75, 3.05) is 26.3 Å². The van der Waals surface area contributed by atoms with E-state index >= 15 is 0 Å². The van der Waals surface area contributed by atoms with Crippen LogP contribution in [-0.4, -0.2) is 52.7 Å². The number of carbonyl (C=O) groups excluding carboxylic acids is 1. The van der Waals surface area contributed by atoms with Gasteiger partial charge in [0.1, 0.15) is 11.4 Å². The van der Waals surface area contributed by atoms with Gasteiger partial charge < -0.3 is 14.4 Å². The molecule has 4 heterocycles. The maximum Gasteiger partial charge on any atom is 0.272 e. The van der Waals surface area contributed by atoms with Gasteiger partial charge in [0.15, 0.2) is 0 Å². The van der Waals surface area contributed by atoms with Crippen LogP contribution in [0.2, 0.25) is 0 Å². The Hall–Kier alpha value is -2.47. The topological polar surface area (TPSA) is 64.6 Å². The molecular formula is C22H27N3O3. The van der Waals surface area contributed by atoms with Crippen molar-refractivity contribution in [1.82, 2.24) is 14.9 Å². The molecule has 2 aliphatic rings. The Bertz CT molecular complexity index is 761. The van der Waals surface area contributed by atoms with E-state index in [1.54, 1.807) is 24.7 Å². The molecule has 0 bridgehead atoms. The van der Waals surface area contributed by atoms with Crippen LogP contribution in [0.15, 0.2) is 48.9 Å². The summed E-state index contributed by atoms with van der Waals surface area (Å²) in [6.07, 6.45) is 10.1. The van der Waals surface area contributed by atoms with Gasteiger partial charge in [-0.15, -0.1) is 0 Å². The van der Waals surface area contributed by atoms with Crippen molar-refractivity contribution in [3.63, 3.8) is 0 Å². The van der Waals surface area contributed by atoms with E-state index in [2.05, 4.69) is 9.97 Å². The molecule has 4 rings (SSSR count). The fourth-order valence-corrected chi connectivity index (χ4v) is 4.27. The first-order chi connectivity index (χ1) is 13.7. The number of amides is 1. The molecule has 2 aromatic heterocycles. The fraction of sp³-hybridized carbons (Fsp3) is 0.500. The number of ether oxygens (including phenoxy) is 2. The van der Waals surface area contributed by atoms with Crippen LogP contribution in [0.5, 0.6) is 5.75 Å². The maximum absolute atomic E-state index is 12.6. The molecule has 28 heavy (non-hydrogen) atoms. The summed E-state index contributed by atoms with van der Waals surface area (Å²) < 4.78 is 12.0. The monoisotopic (exact) mass is 381 g/mol. The van der Waals surface area contributed by atoms with Crippen LogP contribution in [0, 0.1) is 5.92 Å². The molecule has 0 radical (unpaired) electrons. The van der Waals surface area contributed by atoms with E-state index in [4.69, 9.17) is 9.47 Å². The van der Waals surface area contributed by atoms with E-state index in [-0.39, 0.29) is 11.5 Å². The summed E-state index contributed by atoms with van der Waals surface area (Å²) in [5.41, 5.74) is 0.437. The zero-order valence-electron chi connectivity index (χ0n) is 16.1. The summed E-state index contributed by atoms with van der Waals surface area (Å²) >= 11 is 0. The molecule has 2 fully saturated rings. The van der Waals surface area contributed by atoms with Gasteiger partial charge in [0.25, 0.3) is 5.91 Å². The van der Waals surface area contributed by atoms with Gasteiger partial charge in [0, 0.05) is 32.1 Å². The highest BCUT2D eigenvalue weighted by molar-refractivity contribution is 5.92. The number of likely N-dealkylation sites (tertiary alicyclic amines) is 1. The quantitative estimate of drug-likeness (QED) is 0.795. The van der Waals surface area contributed by atoms with Crippen molar-refractivity contribution in [3.05, 3.63) is 54.6 Å². The van der Waals surface area contributed by atoms with Crippen LogP contribution in [-0.2, 0) is 4.74 Å². The van der Waals surface area contributed by atoms with Gasteiger partial charge in [-0.3, -0.25) is 14.8 Å². The third-order valence-corrected chi connectivity index (χ3v) is 5.87. The molecule has 2 saturated heterocycles. The summed E-state index contributed by atoms with van der Waals surface area (Å²) in [4.78, 5) is 22.8. The SMILES string of the molecule is O=C(c1ccccn1)N1CCC2(CC1)CC(CCOc1cccnc1)CCO2. The molecule has 1 unspecified atom stereocenters. The number of hydrogen-bond donors (Lipinski definition) is 0. The second-order valence-electron chi connectivity index (χ2n) is 7.72. The first-order valence-corrected chi connectivity index (χ1v) is 10.1. The summed E-state index contributed by atoms with van der Waals surface area (Å²) in [6.45, 7) is 2.96. The van der Waals surface area contributed by atoms with Crippen LogP contribution in [0.4, 0.5) is 0 Å². The number of rotatable bonds is 5. The molecule has 2 aromatic rings.